The van der Waals surface area contributed by atoms with Crippen molar-refractivity contribution in [2.75, 3.05) is 24.2 Å². The van der Waals surface area contributed by atoms with Crippen molar-refractivity contribution in [1.29, 1.82) is 0 Å². The summed E-state index contributed by atoms with van der Waals surface area (Å²) in [4.78, 5) is 23.1. The molecule has 1 heterocycles. The monoisotopic (exact) mass is 312 g/mol. The Morgan fingerprint density at radius 1 is 1.38 bits per heavy atom. The van der Waals surface area contributed by atoms with Gasteiger partial charge in [0.05, 0.1) is 23.5 Å². The molecule has 0 aliphatic carbocycles. The molecule has 0 atom stereocenters. The zero-order chi connectivity index (χ0) is 15.6. The zero-order valence-electron chi connectivity index (χ0n) is 11.5. The Labute approximate surface area is 122 Å². The van der Waals surface area contributed by atoms with Gasteiger partial charge in [0.25, 0.3) is 0 Å². The largest absolute Gasteiger partial charge is 0.478 e. The lowest BCUT2D eigenvalue weighted by Crippen LogP contribution is -2.34. The van der Waals surface area contributed by atoms with Crippen LogP contribution in [0.2, 0.25) is 0 Å². The van der Waals surface area contributed by atoms with E-state index in [4.69, 9.17) is 5.11 Å². The Balaban J connectivity index is 2.12. The molecule has 0 saturated carbocycles. The third kappa shape index (κ3) is 3.59. The molecular formula is C13H16N2O5S. The van der Waals surface area contributed by atoms with E-state index in [1.54, 1.807) is 13.0 Å². The second-order valence-electron chi connectivity index (χ2n) is 4.91. The van der Waals surface area contributed by atoms with Crippen molar-refractivity contribution in [3.8, 4) is 0 Å². The van der Waals surface area contributed by atoms with E-state index >= 15 is 0 Å². The first-order valence-corrected chi connectivity index (χ1v) is 8.02. The quantitative estimate of drug-likeness (QED) is 0.850. The van der Waals surface area contributed by atoms with E-state index in [0.717, 1.165) is 9.87 Å². The first-order chi connectivity index (χ1) is 9.79. The average molecular weight is 312 g/mol. The van der Waals surface area contributed by atoms with E-state index in [9.17, 15) is 18.0 Å². The number of carboxylic acids is 1. The van der Waals surface area contributed by atoms with Crippen LogP contribution in [0.1, 0.15) is 22.3 Å². The molecule has 114 valence electrons. The lowest BCUT2D eigenvalue weighted by molar-refractivity contribution is -0.116. The van der Waals surface area contributed by atoms with Gasteiger partial charge in [-0.2, -0.15) is 4.31 Å². The smallest absolute Gasteiger partial charge is 0.337 e. The Bertz CT molecular complexity index is 684. The predicted octanol–water partition coefficient (Wildman–Crippen LogP) is 0.667. The summed E-state index contributed by atoms with van der Waals surface area (Å²) in [5.41, 5.74) is 0.898. The van der Waals surface area contributed by atoms with Gasteiger partial charge in [-0.05, 0) is 25.5 Å². The summed E-state index contributed by atoms with van der Waals surface area (Å²) in [5.74, 6) is -1.65. The first kappa shape index (κ1) is 15.5. The minimum absolute atomic E-state index is 0.0207. The molecule has 1 aromatic carbocycles. The van der Waals surface area contributed by atoms with E-state index in [2.05, 4.69) is 5.32 Å². The Morgan fingerprint density at radius 3 is 2.67 bits per heavy atom. The molecule has 0 unspecified atom stereocenters. The molecule has 2 N–H and O–H groups in total. The predicted molar refractivity (Wildman–Crippen MR) is 76.7 cm³/mol. The number of carbonyl (C=O) groups excluding carboxylic acids is 1. The van der Waals surface area contributed by atoms with Gasteiger partial charge in [-0.3, -0.25) is 4.79 Å². The van der Waals surface area contributed by atoms with Crippen LogP contribution in [0.4, 0.5) is 5.69 Å². The number of hydrogen-bond donors (Lipinski definition) is 2. The van der Waals surface area contributed by atoms with Gasteiger partial charge in [-0.1, -0.05) is 11.6 Å². The fourth-order valence-electron chi connectivity index (χ4n) is 2.16. The van der Waals surface area contributed by atoms with Crippen molar-refractivity contribution in [2.24, 2.45) is 0 Å². The maximum atomic E-state index is 11.9. The van der Waals surface area contributed by atoms with Crippen LogP contribution in [0.15, 0.2) is 18.2 Å². The van der Waals surface area contributed by atoms with Crippen molar-refractivity contribution >= 4 is 27.6 Å². The molecule has 1 fully saturated rings. The number of anilines is 1. The molecule has 0 aromatic heterocycles. The summed E-state index contributed by atoms with van der Waals surface area (Å²) in [6.45, 7) is 1.76. The molecule has 0 bridgehead atoms. The number of amides is 1. The maximum absolute atomic E-state index is 11.9. The molecule has 1 saturated heterocycles. The fraction of sp³-hybridized carbons (Fsp3) is 0.385. The van der Waals surface area contributed by atoms with Gasteiger partial charge in [-0.15, -0.1) is 0 Å². The van der Waals surface area contributed by atoms with Crippen LogP contribution in [0.5, 0.6) is 0 Å². The van der Waals surface area contributed by atoms with Gasteiger partial charge in [-0.25, -0.2) is 13.2 Å². The molecule has 21 heavy (non-hydrogen) atoms. The van der Waals surface area contributed by atoms with Crippen LogP contribution in [-0.4, -0.2) is 48.5 Å². The normalized spacial score (nSPS) is 17.6. The van der Waals surface area contributed by atoms with Gasteiger partial charge in [0.1, 0.15) is 0 Å². The third-order valence-electron chi connectivity index (χ3n) is 3.20. The Kier molecular flexibility index (Phi) is 4.29. The van der Waals surface area contributed by atoms with Crippen LogP contribution in [0.25, 0.3) is 0 Å². The lowest BCUT2D eigenvalue weighted by atomic mass is 10.1. The molecule has 1 amide bonds. The summed E-state index contributed by atoms with van der Waals surface area (Å²) in [7, 11) is -3.35. The molecule has 1 aliphatic heterocycles. The highest BCUT2D eigenvalue weighted by molar-refractivity contribution is 7.89. The lowest BCUT2D eigenvalue weighted by Gasteiger charge is -2.15. The van der Waals surface area contributed by atoms with E-state index in [0.29, 0.717) is 13.0 Å². The summed E-state index contributed by atoms with van der Waals surface area (Å²) >= 11 is 0. The standard InChI is InChI=1S/C13H16N2O5S/c1-9-3-4-11(10(7-9)13(17)18)14-12(16)8-15-5-2-6-21(15,19)20/h3-4,7H,2,5-6,8H2,1H3,(H,14,16)(H,17,18). The van der Waals surface area contributed by atoms with Crippen molar-refractivity contribution in [3.63, 3.8) is 0 Å². The highest BCUT2D eigenvalue weighted by Crippen LogP contribution is 2.18. The molecule has 1 aliphatic rings. The van der Waals surface area contributed by atoms with Gasteiger partial charge >= 0.3 is 5.97 Å². The molecule has 0 radical (unpaired) electrons. The minimum atomic E-state index is -3.35. The van der Waals surface area contributed by atoms with Crippen LogP contribution in [0, 0.1) is 6.92 Å². The number of aromatic carboxylic acids is 1. The average Bonchev–Trinajstić information content (AvgIpc) is 2.70. The number of hydrogen-bond acceptors (Lipinski definition) is 4. The molecular weight excluding hydrogens is 296 g/mol. The summed E-state index contributed by atoms with van der Waals surface area (Å²) in [6.07, 6.45) is 0.501. The SMILES string of the molecule is Cc1ccc(NC(=O)CN2CCCS2(=O)=O)c(C(=O)O)c1. The first-order valence-electron chi connectivity index (χ1n) is 6.41. The summed E-state index contributed by atoms with van der Waals surface area (Å²) in [5, 5.41) is 11.6. The number of rotatable bonds is 4. The number of nitrogens with one attached hydrogen (secondary N) is 1. The number of carbonyl (C=O) groups is 2. The number of nitrogens with zero attached hydrogens (tertiary/aromatic N) is 1. The van der Waals surface area contributed by atoms with Crippen molar-refractivity contribution < 1.29 is 23.1 Å². The number of benzene rings is 1. The highest BCUT2D eigenvalue weighted by atomic mass is 32.2. The van der Waals surface area contributed by atoms with Gasteiger partial charge in [0.15, 0.2) is 0 Å². The van der Waals surface area contributed by atoms with Crippen LogP contribution < -0.4 is 5.32 Å². The highest BCUT2D eigenvalue weighted by Gasteiger charge is 2.30. The zero-order valence-corrected chi connectivity index (χ0v) is 12.3. The van der Waals surface area contributed by atoms with E-state index in [-0.39, 0.29) is 23.5 Å². The van der Waals surface area contributed by atoms with Gasteiger partial charge in [0, 0.05) is 6.54 Å². The van der Waals surface area contributed by atoms with Crippen molar-refractivity contribution in [1.82, 2.24) is 4.31 Å². The molecule has 7 nitrogen and oxygen atoms in total. The van der Waals surface area contributed by atoms with Crippen LogP contribution in [-0.2, 0) is 14.8 Å². The topological polar surface area (TPSA) is 104 Å². The maximum Gasteiger partial charge on any atom is 0.337 e. The molecule has 8 heteroatoms. The van der Waals surface area contributed by atoms with E-state index < -0.39 is 21.9 Å². The summed E-state index contributed by atoms with van der Waals surface area (Å²) < 4.78 is 24.4. The number of aryl methyl sites for hydroxylation is 1. The Hall–Kier alpha value is -1.93. The number of carboxylic acid groups (broad SMARTS) is 1. The Morgan fingerprint density at radius 2 is 2.10 bits per heavy atom. The van der Waals surface area contributed by atoms with Crippen LogP contribution >= 0.6 is 0 Å². The van der Waals surface area contributed by atoms with Gasteiger partial charge < -0.3 is 10.4 Å². The summed E-state index contributed by atoms with van der Waals surface area (Å²) in [6, 6.07) is 4.62. The van der Waals surface area contributed by atoms with E-state index in [1.807, 2.05) is 0 Å². The molecule has 1 aromatic rings. The fourth-order valence-corrected chi connectivity index (χ4v) is 3.64. The van der Waals surface area contributed by atoms with Crippen molar-refractivity contribution in [2.45, 2.75) is 13.3 Å². The number of sulfonamides is 1. The third-order valence-corrected chi connectivity index (χ3v) is 5.11. The minimum Gasteiger partial charge on any atom is -0.478 e. The molecule has 0 spiro atoms. The van der Waals surface area contributed by atoms with Gasteiger partial charge in [0.2, 0.25) is 15.9 Å². The van der Waals surface area contributed by atoms with E-state index in [1.165, 1.54) is 12.1 Å². The van der Waals surface area contributed by atoms with Crippen LogP contribution in [0.3, 0.4) is 0 Å². The molecule has 2 rings (SSSR count). The second kappa shape index (κ2) is 5.82. The second-order valence-corrected chi connectivity index (χ2v) is 6.99. The van der Waals surface area contributed by atoms with Crippen molar-refractivity contribution in [3.05, 3.63) is 29.3 Å².